The van der Waals surface area contributed by atoms with Crippen molar-refractivity contribution in [2.45, 2.75) is 19.1 Å². The van der Waals surface area contributed by atoms with Gasteiger partial charge in [0.1, 0.15) is 12.7 Å². The van der Waals surface area contributed by atoms with Crippen LogP contribution in [0.15, 0.2) is 42.7 Å². The monoisotopic (exact) mass is 329 g/mol. The maximum absolute atomic E-state index is 12.1. The molecule has 7 nitrogen and oxygen atoms in total. The van der Waals surface area contributed by atoms with Crippen LogP contribution in [0.3, 0.4) is 0 Å². The second kappa shape index (κ2) is 7.63. The first-order valence-electron chi connectivity index (χ1n) is 7.73. The van der Waals surface area contributed by atoms with Crippen LogP contribution in [0.4, 0.5) is 4.79 Å². The summed E-state index contributed by atoms with van der Waals surface area (Å²) in [6.07, 6.45) is 3.30. The number of methoxy groups -OCH3 is 1. The molecule has 1 aromatic carbocycles. The quantitative estimate of drug-likeness (QED) is 0.838. The molecule has 1 atom stereocenters. The highest BCUT2D eigenvalue weighted by molar-refractivity contribution is 5.68. The van der Waals surface area contributed by atoms with Crippen molar-refractivity contribution in [3.63, 3.8) is 0 Å². The fourth-order valence-corrected chi connectivity index (χ4v) is 2.46. The van der Waals surface area contributed by atoms with Crippen LogP contribution < -0.4 is 9.47 Å². The SMILES string of the molecule is COc1cncc(OC2CCN(C(=O)OCc3ccccc3)C2)n1. The van der Waals surface area contributed by atoms with E-state index in [1.54, 1.807) is 4.90 Å². The molecule has 3 rings (SSSR count). The molecule has 1 aromatic heterocycles. The molecular formula is C17H19N3O4. The molecule has 7 heteroatoms. The Morgan fingerprint density at radius 1 is 1.25 bits per heavy atom. The Bertz CT molecular complexity index is 681. The van der Waals surface area contributed by atoms with Crippen molar-refractivity contribution in [3.05, 3.63) is 48.3 Å². The number of ether oxygens (including phenoxy) is 3. The summed E-state index contributed by atoms with van der Waals surface area (Å²) in [6, 6.07) is 9.60. The van der Waals surface area contributed by atoms with Crippen molar-refractivity contribution in [1.82, 2.24) is 14.9 Å². The summed E-state index contributed by atoms with van der Waals surface area (Å²) in [5.74, 6) is 0.781. The highest BCUT2D eigenvalue weighted by Gasteiger charge is 2.29. The van der Waals surface area contributed by atoms with Crippen molar-refractivity contribution in [2.75, 3.05) is 20.2 Å². The number of aromatic nitrogens is 2. The normalized spacial score (nSPS) is 16.7. The number of hydrogen-bond acceptors (Lipinski definition) is 6. The molecule has 0 radical (unpaired) electrons. The van der Waals surface area contributed by atoms with Crippen LogP contribution in [0.2, 0.25) is 0 Å². The minimum absolute atomic E-state index is 0.129. The number of carbonyl (C=O) groups excluding carboxylic acids is 1. The topological polar surface area (TPSA) is 73.8 Å². The van der Waals surface area contributed by atoms with Crippen molar-refractivity contribution >= 4 is 6.09 Å². The third-order valence-electron chi connectivity index (χ3n) is 3.70. The molecule has 0 spiro atoms. The molecule has 1 aliphatic heterocycles. The number of likely N-dealkylation sites (tertiary alicyclic amines) is 1. The zero-order chi connectivity index (χ0) is 16.8. The first kappa shape index (κ1) is 16.0. The van der Waals surface area contributed by atoms with Gasteiger partial charge in [0.2, 0.25) is 11.8 Å². The zero-order valence-corrected chi connectivity index (χ0v) is 13.4. The molecule has 1 fully saturated rings. The second-order valence-corrected chi connectivity index (χ2v) is 5.41. The first-order chi connectivity index (χ1) is 11.7. The molecule has 24 heavy (non-hydrogen) atoms. The molecular weight excluding hydrogens is 310 g/mol. The highest BCUT2D eigenvalue weighted by Crippen LogP contribution is 2.18. The Labute approximate surface area is 140 Å². The minimum atomic E-state index is -0.332. The van der Waals surface area contributed by atoms with Gasteiger partial charge in [0.05, 0.1) is 26.0 Å². The van der Waals surface area contributed by atoms with Crippen LogP contribution in [0.5, 0.6) is 11.8 Å². The first-order valence-corrected chi connectivity index (χ1v) is 7.73. The molecule has 1 amide bonds. The summed E-state index contributed by atoms with van der Waals surface area (Å²) in [5, 5.41) is 0. The van der Waals surface area contributed by atoms with Crippen molar-refractivity contribution < 1.29 is 19.0 Å². The number of nitrogens with zero attached hydrogens (tertiary/aromatic N) is 3. The Morgan fingerprint density at radius 2 is 2.04 bits per heavy atom. The third-order valence-corrected chi connectivity index (χ3v) is 3.70. The smallest absolute Gasteiger partial charge is 0.410 e. The molecule has 0 saturated carbocycles. The van der Waals surface area contributed by atoms with Crippen LogP contribution in [0.25, 0.3) is 0 Å². The Kier molecular flexibility index (Phi) is 5.10. The van der Waals surface area contributed by atoms with E-state index in [2.05, 4.69) is 9.97 Å². The van der Waals surface area contributed by atoms with Crippen LogP contribution in [-0.2, 0) is 11.3 Å². The molecule has 2 aromatic rings. The fourth-order valence-electron chi connectivity index (χ4n) is 2.46. The lowest BCUT2D eigenvalue weighted by Crippen LogP contribution is -2.31. The maximum Gasteiger partial charge on any atom is 0.410 e. The van der Waals surface area contributed by atoms with Crippen LogP contribution in [0, 0.1) is 0 Å². The number of carbonyl (C=O) groups is 1. The molecule has 2 heterocycles. The molecule has 1 unspecified atom stereocenters. The van der Waals surface area contributed by atoms with Gasteiger partial charge in [-0.25, -0.2) is 4.79 Å². The number of amides is 1. The summed E-state index contributed by atoms with van der Waals surface area (Å²) in [5.41, 5.74) is 0.963. The predicted molar refractivity (Wildman–Crippen MR) is 85.8 cm³/mol. The van der Waals surface area contributed by atoms with Gasteiger partial charge < -0.3 is 19.1 Å². The van der Waals surface area contributed by atoms with E-state index in [1.807, 2.05) is 30.3 Å². The number of hydrogen-bond donors (Lipinski definition) is 0. The van der Waals surface area contributed by atoms with E-state index < -0.39 is 0 Å². The summed E-state index contributed by atoms with van der Waals surface area (Å²) in [6.45, 7) is 1.32. The Morgan fingerprint density at radius 3 is 2.83 bits per heavy atom. The molecule has 126 valence electrons. The van der Waals surface area contributed by atoms with Crippen LogP contribution in [-0.4, -0.2) is 47.3 Å². The fraction of sp³-hybridized carbons (Fsp3) is 0.353. The largest absolute Gasteiger partial charge is 0.480 e. The van der Waals surface area contributed by atoms with Gasteiger partial charge in [0.15, 0.2) is 0 Å². The Balaban J connectivity index is 1.48. The van der Waals surface area contributed by atoms with Crippen molar-refractivity contribution in [3.8, 4) is 11.8 Å². The van der Waals surface area contributed by atoms with Gasteiger partial charge in [-0.05, 0) is 5.56 Å². The van der Waals surface area contributed by atoms with Gasteiger partial charge in [0, 0.05) is 13.0 Å². The van der Waals surface area contributed by atoms with E-state index >= 15 is 0 Å². The van der Waals surface area contributed by atoms with E-state index in [0.717, 1.165) is 12.0 Å². The van der Waals surface area contributed by atoms with Gasteiger partial charge in [-0.15, -0.1) is 0 Å². The maximum atomic E-state index is 12.1. The van der Waals surface area contributed by atoms with E-state index in [1.165, 1.54) is 19.5 Å². The Hall–Kier alpha value is -2.83. The van der Waals surface area contributed by atoms with Gasteiger partial charge in [-0.1, -0.05) is 30.3 Å². The van der Waals surface area contributed by atoms with Gasteiger partial charge in [-0.3, -0.25) is 4.98 Å². The van der Waals surface area contributed by atoms with E-state index in [9.17, 15) is 4.79 Å². The molecule has 0 N–H and O–H groups in total. The third kappa shape index (κ3) is 4.13. The van der Waals surface area contributed by atoms with Gasteiger partial charge in [0.25, 0.3) is 0 Å². The zero-order valence-electron chi connectivity index (χ0n) is 13.4. The highest BCUT2D eigenvalue weighted by atomic mass is 16.6. The minimum Gasteiger partial charge on any atom is -0.480 e. The van der Waals surface area contributed by atoms with Gasteiger partial charge in [-0.2, -0.15) is 4.98 Å². The summed E-state index contributed by atoms with van der Waals surface area (Å²) >= 11 is 0. The molecule has 0 bridgehead atoms. The lowest BCUT2D eigenvalue weighted by Gasteiger charge is -2.16. The second-order valence-electron chi connectivity index (χ2n) is 5.41. The number of benzene rings is 1. The lowest BCUT2D eigenvalue weighted by molar-refractivity contribution is 0.0987. The van der Waals surface area contributed by atoms with Crippen molar-refractivity contribution in [2.24, 2.45) is 0 Å². The summed E-state index contributed by atoms with van der Waals surface area (Å²) in [7, 11) is 1.52. The van der Waals surface area contributed by atoms with Gasteiger partial charge >= 0.3 is 6.09 Å². The van der Waals surface area contributed by atoms with Crippen LogP contribution in [0.1, 0.15) is 12.0 Å². The summed E-state index contributed by atoms with van der Waals surface area (Å²) in [4.78, 5) is 21.9. The van der Waals surface area contributed by atoms with E-state index in [-0.39, 0.29) is 18.8 Å². The molecule has 0 aliphatic carbocycles. The summed E-state index contributed by atoms with van der Waals surface area (Å²) < 4.78 is 16.1. The van der Waals surface area contributed by atoms with E-state index in [0.29, 0.717) is 24.8 Å². The number of rotatable bonds is 5. The lowest BCUT2D eigenvalue weighted by atomic mass is 10.2. The van der Waals surface area contributed by atoms with Crippen LogP contribution >= 0.6 is 0 Å². The molecule has 1 saturated heterocycles. The average Bonchev–Trinajstić information content (AvgIpc) is 3.09. The standard InChI is InChI=1S/C17H19N3O4/c1-22-15-9-18-10-16(19-15)24-14-7-8-20(11-14)17(21)23-12-13-5-3-2-4-6-13/h2-6,9-10,14H,7-8,11-12H2,1H3. The van der Waals surface area contributed by atoms with E-state index in [4.69, 9.17) is 14.2 Å². The average molecular weight is 329 g/mol. The van der Waals surface area contributed by atoms with Crippen molar-refractivity contribution in [1.29, 1.82) is 0 Å². The molecule has 1 aliphatic rings. The predicted octanol–water partition coefficient (Wildman–Crippen LogP) is 2.28.